The molecule has 0 spiro atoms. The van der Waals surface area contributed by atoms with Gasteiger partial charge in [0, 0.05) is 30.9 Å². The van der Waals surface area contributed by atoms with Gasteiger partial charge in [0.1, 0.15) is 11.5 Å². The van der Waals surface area contributed by atoms with Gasteiger partial charge in [-0.1, -0.05) is 44.2 Å². The fourth-order valence-electron chi connectivity index (χ4n) is 4.62. The van der Waals surface area contributed by atoms with Crippen LogP contribution in [0.1, 0.15) is 65.8 Å². The molecule has 1 aliphatic carbocycles. The summed E-state index contributed by atoms with van der Waals surface area (Å²) < 4.78 is 15.0. The molecular weight excluding hydrogens is 393 g/mol. The van der Waals surface area contributed by atoms with Crippen molar-refractivity contribution in [2.45, 2.75) is 58.2 Å². The monoisotopic (exact) mass is 419 g/mol. The number of ketones is 1. The normalized spacial score (nSPS) is 16.5. The van der Waals surface area contributed by atoms with Crippen LogP contribution in [0.3, 0.4) is 0 Å². The molecule has 31 heavy (non-hydrogen) atoms. The number of rotatable bonds is 6. The Labute approximate surface area is 181 Å². The van der Waals surface area contributed by atoms with E-state index in [-0.39, 0.29) is 11.6 Å². The highest BCUT2D eigenvalue weighted by atomic mass is 19.1. The van der Waals surface area contributed by atoms with Crippen LogP contribution in [0.2, 0.25) is 0 Å². The number of anilines is 1. The molecule has 7 heteroatoms. The molecule has 1 fully saturated rings. The maximum absolute atomic E-state index is 13.1. The van der Waals surface area contributed by atoms with E-state index in [0.717, 1.165) is 29.7 Å². The van der Waals surface area contributed by atoms with Gasteiger partial charge in [-0.3, -0.25) is 9.48 Å². The second kappa shape index (κ2) is 8.57. The van der Waals surface area contributed by atoms with Gasteiger partial charge in [-0.15, -0.1) is 0 Å². The van der Waals surface area contributed by atoms with E-state index in [1.54, 1.807) is 24.4 Å². The SMILES string of the molecule is O=C(CC1CCCCC1)c1ccnc(N2Cc3cn(Cc4ccc(F)cc4)nc3C2)n1. The highest BCUT2D eigenvalue weighted by molar-refractivity contribution is 5.94. The van der Waals surface area contributed by atoms with E-state index < -0.39 is 0 Å². The highest BCUT2D eigenvalue weighted by Gasteiger charge is 2.26. The number of nitrogens with zero attached hydrogens (tertiary/aromatic N) is 5. The van der Waals surface area contributed by atoms with Crippen molar-refractivity contribution in [3.8, 4) is 0 Å². The Hall–Kier alpha value is -3.09. The number of carbonyl (C=O) groups is 1. The van der Waals surface area contributed by atoms with Crippen LogP contribution in [0.5, 0.6) is 0 Å². The van der Waals surface area contributed by atoms with Gasteiger partial charge in [-0.25, -0.2) is 14.4 Å². The lowest BCUT2D eigenvalue weighted by Gasteiger charge is -2.21. The van der Waals surface area contributed by atoms with Crippen molar-refractivity contribution in [2.24, 2.45) is 5.92 Å². The van der Waals surface area contributed by atoms with Crippen LogP contribution in [0.25, 0.3) is 0 Å². The molecule has 1 aromatic carbocycles. The minimum atomic E-state index is -0.234. The number of Topliss-reactive ketones (excluding diaryl/α,β-unsaturated/α-hetero) is 1. The molecule has 2 aromatic heterocycles. The van der Waals surface area contributed by atoms with Gasteiger partial charge in [0.2, 0.25) is 5.95 Å². The Bertz CT molecular complexity index is 1050. The number of benzene rings is 1. The van der Waals surface area contributed by atoms with E-state index in [1.165, 1.54) is 31.4 Å². The van der Waals surface area contributed by atoms with Gasteiger partial charge in [-0.2, -0.15) is 5.10 Å². The second-order valence-corrected chi connectivity index (χ2v) is 8.65. The molecule has 0 unspecified atom stereocenters. The quantitative estimate of drug-likeness (QED) is 0.549. The molecule has 0 bridgehead atoms. The van der Waals surface area contributed by atoms with Gasteiger partial charge in [-0.05, 0) is 29.7 Å². The molecule has 3 aromatic rings. The number of carbonyl (C=O) groups excluding carboxylic acids is 1. The van der Waals surface area contributed by atoms with E-state index in [0.29, 0.717) is 43.6 Å². The molecule has 6 nitrogen and oxygen atoms in total. The molecule has 0 amide bonds. The third-order valence-electron chi connectivity index (χ3n) is 6.29. The summed E-state index contributed by atoms with van der Waals surface area (Å²) in [7, 11) is 0. The molecule has 0 saturated heterocycles. The number of fused-ring (bicyclic) bond motifs is 1. The van der Waals surface area contributed by atoms with Crippen LogP contribution in [-0.4, -0.2) is 25.5 Å². The van der Waals surface area contributed by atoms with Gasteiger partial charge < -0.3 is 4.90 Å². The van der Waals surface area contributed by atoms with E-state index in [4.69, 9.17) is 0 Å². The van der Waals surface area contributed by atoms with Gasteiger partial charge in [0.05, 0.1) is 18.8 Å². The van der Waals surface area contributed by atoms with Crippen LogP contribution in [0.4, 0.5) is 10.3 Å². The molecule has 3 heterocycles. The summed E-state index contributed by atoms with van der Waals surface area (Å²) in [5.41, 5.74) is 3.64. The molecule has 1 saturated carbocycles. The summed E-state index contributed by atoms with van der Waals surface area (Å²) in [6.45, 7) is 1.89. The van der Waals surface area contributed by atoms with Crippen molar-refractivity contribution in [1.29, 1.82) is 0 Å². The maximum atomic E-state index is 13.1. The molecule has 0 N–H and O–H groups in total. The first-order valence-corrected chi connectivity index (χ1v) is 11.0. The summed E-state index contributed by atoms with van der Waals surface area (Å²) in [4.78, 5) is 23.8. The number of aromatic nitrogens is 4. The lowest BCUT2D eigenvalue weighted by molar-refractivity contribution is 0.0945. The molecular formula is C24H26FN5O. The zero-order valence-corrected chi connectivity index (χ0v) is 17.5. The fraction of sp³-hybridized carbons (Fsp3) is 0.417. The van der Waals surface area contributed by atoms with Gasteiger partial charge in [0.25, 0.3) is 0 Å². The van der Waals surface area contributed by atoms with Crippen molar-refractivity contribution in [3.63, 3.8) is 0 Å². The van der Waals surface area contributed by atoms with Crippen LogP contribution in [0.15, 0.2) is 42.7 Å². The first-order valence-electron chi connectivity index (χ1n) is 11.0. The predicted molar refractivity (Wildman–Crippen MR) is 115 cm³/mol. The van der Waals surface area contributed by atoms with Crippen LogP contribution in [0, 0.1) is 11.7 Å². The number of hydrogen-bond acceptors (Lipinski definition) is 5. The summed E-state index contributed by atoms with van der Waals surface area (Å²) in [5.74, 6) is 0.966. The van der Waals surface area contributed by atoms with Crippen molar-refractivity contribution >= 4 is 11.7 Å². The largest absolute Gasteiger partial charge is 0.330 e. The molecule has 0 atom stereocenters. The standard InChI is InChI=1S/C24H26FN5O/c25-20-8-6-18(7-9-20)13-30-15-19-14-29(16-22(19)28-30)24-26-11-10-21(27-24)23(31)12-17-4-2-1-3-5-17/h6-11,15,17H,1-5,12-14,16H2. The Morgan fingerprint density at radius 1 is 1.06 bits per heavy atom. The first kappa shape index (κ1) is 19.8. The molecule has 2 aliphatic rings. The molecule has 5 rings (SSSR count). The average Bonchev–Trinajstić information content (AvgIpc) is 3.35. The number of hydrogen-bond donors (Lipinski definition) is 0. The molecule has 1 aliphatic heterocycles. The molecule has 0 radical (unpaired) electrons. The lowest BCUT2D eigenvalue weighted by atomic mass is 9.85. The Morgan fingerprint density at radius 2 is 1.87 bits per heavy atom. The summed E-state index contributed by atoms with van der Waals surface area (Å²) in [6.07, 6.45) is 10.4. The minimum absolute atomic E-state index is 0.122. The zero-order chi connectivity index (χ0) is 21.2. The van der Waals surface area contributed by atoms with E-state index >= 15 is 0 Å². The average molecular weight is 420 g/mol. The zero-order valence-electron chi connectivity index (χ0n) is 17.5. The van der Waals surface area contributed by atoms with Crippen LogP contribution >= 0.6 is 0 Å². The predicted octanol–water partition coefficient (Wildman–Crippen LogP) is 4.53. The maximum Gasteiger partial charge on any atom is 0.226 e. The van der Waals surface area contributed by atoms with Crippen molar-refractivity contribution in [3.05, 3.63) is 71.1 Å². The first-order chi connectivity index (χ1) is 15.1. The minimum Gasteiger partial charge on any atom is -0.330 e. The van der Waals surface area contributed by atoms with E-state index in [9.17, 15) is 9.18 Å². The third-order valence-corrected chi connectivity index (χ3v) is 6.29. The second-order valence-electron chi connectivity index (χ2n) is 8.65. The Kier molecular flexibility index (Phi) is 5.49. The third kappa shape index (κ3) is 4.50. The van der Waals surface area contributed by atoms with Crippen LogP contribution < -0.4 is 4.90 Å². The Morgan fingerprint density at radius 3 is 2.65 bits per heavy atom. The van der Waals surface area contributed by atoms with E-state index in [2.05, 4.69) is 20.0 Å². The van der Waals surface area contributed by atoms with Gasteiger partial charge >= 0.3 is 0 Å². The highest BCUT2D eigenvalue weighted by Crippen LogP contribution is 2.28. The van der Waals surface area contributed by atoms with Gasteiger partial charge in [0.15, 0.2) is 5.78 Å². The fourth-order valence-corrected chi connectivity index (χ4v) is 4.62. The van der Waals surface area contributed by atoms with Crippen molar-refractivity contribution in [1.82, 2.24) is 19.7 Å². The lowest BCUT2D eigenvalue weighted by Crippen LogP contribution is -2.20. The molecule has 160 valence electrons. The Balaban J connectivity index is 1.23. The summed E-state index contributed by atoms with van der Waals surface area (Å²) in [6, 6.07) is 8.21. The summed E-state index contributed by atoms with van der Waals surface area (Å²) >= 11 is 0. The topological polar surface area (TPSA) is 63.9 Å². The van der Waals surface area contributed by atoms with Crippen molar-refractivity contribution in [2.75, 3.05) is 4.90 Å². The van der Waals surface area contributed by atoms with Crippen molar-refractivity contribution < 1.29 is 9.18 Å². The van der Waals surface area contributed by atoms with E-state index in [1.807, 2.05) is 10.9 Å². The summed E-state index contributed by atoms with van der Waals surface area (Å²) in [5, 5.41) is 4.68. The number of halogens is 1. The smallest absolute Gasteiger partial charge is 0.226 e. The van der Waals surface area contributed by atoms with Crippen LogP contribution in [-0.2, 0) is 19.6 Å².